The maximum Gasteiger partial charge on any atom is 0.421 e. The summed E-state index contributed by atoms with van der Waals surface area (Å²) in [5.74, 6) is -3.17. The first-order chi connectivity index (χ1) is 30.9. The number of ether oxygens (including phenoxy) is 5. The predicted octanol–water partition coefficient (Wildman–Crippen LogP) is 5.98. The SMILES string of the molecule is COCCOC(=O)N1C(=O)C2(c3ccccc31)C(C(=O)Nc1ccc(N3CCOCC3)cc1)C1C(=O)OC(c3ccccc3)C(c3ccccc3)N1C2c1cccc(OCCO)c1. The Balaban J connectivity index is 1.28. The Labute approximate surface area is 364 Å². The van der Waals surface area contributed by atoms with Crippen molar-refractivity contribution in [3.8, 4) is 5.75 Å². The van der Waals surface area contributed by atoms with Crippen LogP contribution in [0.25, 0.3) is 0 Å². The molecule has 1 spiro atoms. The maximum absolute atomic E-state index is 16.1. The molecule has 0 aromatic heterocycles. The quantitative estimate of drug-likeness (QED) is 0.112. The second-order valence-corrected chi connectivity index (χ2v) is 15.8. The van der Waals surface area contributed by atoms with Crippen molar-refractivity contribution in [2.24, 2.45) is 5.92 Å². The van der Waals surface area contributed by atoms with Gasteiger partial charge in [-0.1, -0.05) is 91.0 Å². The number of cyclic esters (lactones) is 1. The number of nitrogens with one attached hydrogen (secondary N) is 1. The zero-order valence-electron chi connectivity index (χ0n) is 34.7. The fraction of sp³-hybridized carbons (Fsp3) is 0.306. The summed E-state index contributed by atoms with van der Waals surface area (Å²) in [5.41, 5.74) is 2.04. The fourth-order valence-corrected chi connectivity index (χ4v) is 9.86. The summed E-state index contributed by atoms with van der Waals surface area (Å²) in [7, 11) is 1.47. The van der Waals surface area contributed by atoms with Gasteiger partial charge in [0, 0.05) is 31.6 Å². The van der Waals surface area contributed by atoms with Gasteiger partial charge in [-0.3, -0.25) is 19.3 Å². The normalized spacial score (nSPS) is 24.1. The van der Waals surface area contributed by atoms with Crippen molar-refractivity contribution in [2.75, 3.05) is 75.0 Å². The minimum Gasteiger partial charge on any atom is -0.491 e. The molecule has 0 radical (unpaired) electrons. The fourth-order valence-electron chi connectivity index (χ4n) is 9.86. The highest BCUT2D eigenvalue weighted by molar-refractivity contribution is 6.24. The van der Waals surface area contributed by atoms with Gasteiger partial charge in [0.05, 0.1) is 50.1 Å². The van der Waals surface area contributed by atoms with E-state index in [1.54, 1.807) is 54.6 Å². The molecule has 0 saturated carbocycles. The van der Waals surface area contributed by atoms with Crippen LogP contribution in [0.1, 0.15) is 40.4 Å². The summed E-state index contributed by atoms with van der Waals surface area (Å²) in [6, 6.07) is 37.1. The number of aliphatic hydroxyl groups excluding tert-OH is 1. The summed E-state index contributed by atoms with van der Waals surface area (Å²) >= 11 is 0. The molecule has 0 bridgehead atoms. The van der Waals surface area contributed by atoms with E-state index < -0.39 is 59.4 Å². The van der Waals surface area contributed by atoms with E-state index in [4.69, 9.17) is 23.7 Å². The molecule has 5 aromatic rings. The molecule has 4 aliphatic heterocycles. The van der Waals surface area contributed by atoms with Crippen LogP contribution in [0.3, 0.4) is 0 Å². The Kier molecular flexibility index (Phi) is 11.9. The topological polar surface area (TPSA) is 156 Å². The largest absolute Gasteiger partial charge is 0.491 e. The molecule has 3 amide bonds. The van der Waals surface area contributed by atoms with Gasteiger partial charge in [-0.25, -0.2) is 9.69 Å². The first-order valence-corrected chi connectivity index (χ1v) is 21.1. The van der Waals surface area contributed by atoms with Crippen molar-refractivity contribution < 1.29 is 48.0 Å². The standard InChI is InChI=1S/C49H48N4O10/c1-59-29-30-62-48(58)52-39-18-9-8-17-38(39)49(47(52)57)40(45(55)50-35-19-21-36(22-20-35)51-23-26-60-27-24-51)42-46(56)63-43(33-13-6-3-7-14-33)41(32-11-4-2-5-12-32)53(42)44(49)34-15-10-16-37(31-34)61-28-25-54/h2-22,31,40-44,54H,23-30H2,1H3,(H,50,55). The van der Waals surface area contributed by atoms with Crippen molar-refractivity contribution in [1.82, 2.24) is 4.90 Å². The molecule has 5 aromatic carbocycles. The average molecular weight is 853 g/mol. The van der Waals surface area contributed by atoms with Gasteiger partial charge in [-0.2, -0.15) is 0 Å². The molecule has 9 rings (SSSR count). The zero-order chi connectivity index (χ0) is 43.5. The van der Waals surface area contributed by atoms with E-state index in [1.165, 1.54) is 7.11 Å². The maximum atomic E-state index is 16.1. The summed E-state index contributed by atoms with van der Waals surface area (Å²) in [5, 5.41) is 12.8. The van der Waals surface area contributed by atoms with Gasteiger partial charge in [-0.05, 0) is 64.7 Å². The van der Waals surface area contributed by atoms with Crippen molar-refractivity contribution >= 4 is 40.9 Å². The molecule has 2 N–H and O–H groups in total. The molecule has 4 heterocycles. The smallest absolute Gasteiger partial charge is 0.421 e. The van der Waals surface area contributed by atoms with E-state index in [0.717, 1.165) is 29.2 Å². The van der Waals surface area contributed by atoms with Gasteiger partial charge in [0.15, 0.2) is 0 Å². The number of hydrogen-bond acceptors (Lipinski definition) is 12. The lowest BCUT2D eigenvalue weighted by molar-refractivity contribution is -0.177. The van der Waals surface area contributed by atoms with E-state index >= 15 is 14.4 Å². The minimum atomic E-state index is -1.95. The first kappa shape index (κ1) is 41.8. The van der Waals surface area contributed by atoms with Crippen LogP contribution in [0.5, 0.6) is 5.75 Å². The molecule has 3 fully saturated rings. The lowest BCUT2D eigenvalue weighted by atomic mass is 9.65. The van der Waals surface area contributed by atoms with E-state index in [0.29, 0.717) is 41.3 Å². The first-order valence-electron chi connectivity index (χ1n) is 21.1. The number of aliphatic hydroxyl groups is 1. The second-order valence-electron chi connectivity index (χ2n) is 15.8. The third-order valence-corrected chi connectivity index (χ3v) is 12.4. The Morgan fingerprint density at radius 3 is 2.17 bits per heavy atom. The van der Waals surface area contributed by atoms with Crippen molar-refractivity contribution in [3.63, 3.8) is 0 Å². The molecule has 14 nitrogen and oxygen atoms in total. The van der Waals surface area contributed by atoms with Gasteiger partial charge in [0.1, 0.15) is 36.5 Å². The number of hydrogen-bond donors (Lipinski definition) is 2. The number of carbonyl (C=O) groups is 4. The number of imide groups is 1. The second kappa shape index (κ2) is 18.0. The van der Waals surface area contributed by atoms with E-state index in [2.05, 4.69) is 10.2 Å². The highest BCUT2D eigenvalue weighted by Gasteiger charge is 2.75. The van der Waals surface area contributed by atoms with Crippen LogP contribution in [0.15, 0.2) is 133 Å². The summed E-state index contributed by atoms with van der Waals surface area (Å²) in [6.07, 6.45) is -1.84. The molecule has 4 aliphatic rings. The van der Waals surface area contributed by atoms with Crippen LogP contribution in [-0.2, 0) is 38.7 Å². The van der Waals surface area contributed by atoms with Crippen LogP contribution in [-0.4, -0.2) is 99.8 Å². The lowest BCUT2D eigenvalue weighted by Crippen LogP contribution is -2.54. The highest BCUT2D eigenvalue weighted by Crippen LogP contribution is 2.66. The summed E-state index contributed by atoms with van der Waals surface area (Å²) < 4.78 is 28.8. The number of benzene rings is 5. The monoisotopic (exact) mass is 852 g/mol. The number of anilines is 3. The molecule has 324 valence electrons. The molecule has 6 unspecified atom stereocenters. The molecule has 3 saturated heterocycles. The molecule has 63 heavy (non-hydrogen) atoms. The summed E-state index contributed by atoms with van der Waals surface area (Å²) in [4.78, 5) is 66.3. The average Bonchev–Trinajstić information content (AvgIpc) is 3.79. The van der Waals surface area contributed by atoms with Gasteiger partial charge >= 0.3 is 12.1 Å². The van der Waals surface area contributed by atoms with Crippen LogP contribution in [0, 0.1) is 5.92 Å². The molecule has 6 atom stereocenters. The number of nitrogens with zero attached hydrogens (tertiary/aromatic N) is 3. The number of carbonyl (C=O) groups excluding carboxylic acids is 4. The highest BCUT2D eigenvalue weighted by atomic mass is 16.6. The molecular weight excluding hydrogens is 805 g/mol. The van der Waals surface area contributed by atoms with Crippen LogP contribution in [0.4, 0.5) is 21.9 Å². The number of morpholine rings is 2. The number of methoxy groups -OCH3 is 1. The number of para-hydroxylation sites is 1. The van der Waals surface area contributed by atoms with Gasteiger partial charge in [0.25, 0.3) is 0 Å². The third-order valence-electron chi connectivity index (χ3n) is 12.4. The Morgan fingerprint density at radius 1 is 0.778 bits per heavy atom. The summed E-state index contributed by atoms with van der Waals surface area (Å²) in [6.45, 7) is 2.37. The van der Waals surface area contributed by atoms with Gasteiger partial charge in [0.2, 0.25) is 11.8 Å². The van der Waals surface area contributed by atoms with Crippen LogP contribution < -0.4 is 19.9 Å². The van der Waals surface area contributed by atoms with Crippen molar-refractivity contribution in [2.45, 2.75) is 29.6 Å². The third kappa shape index (κ3) is 7.48. The van der Waals surface area contributed by atoms with E-state index in [9.17, 15) is 9.90 Å². The Hall–Kier alpha value is -6.58. The van der Waals surface area contributed by atoms with Crippen LogP contribution >= 0.6 is 0 Å². The van der Waals surface area contributed by atoms with Gasteiger partial charge < -0.3 is 39.0 Å². The van der Waals surface area contributed by atoms with E-state index in [1.807, 2.05) is 83.8 Å². The molecular formula is C49H48N4O10. The Bertz CT molecular complexity index is 2450. The molecule has 14 heteroatoms. The molecule has 0 aliphatic carbocycles. The van der Waals surface area contributed by atoms with Gasteiger partial charge in [-0.15, -0.1) is 0 Å². The lowest BCUT2D eigenvalue weighted by Gasteiger charge is -2.46. The number of amides is 3. The van der Waals surface area contributed by atoms with E-state index in [-0.39, 0.29) is 32.1 Å². The number of fused-ring (bicyclic) bond motifs is 3. The zero-order valence-corrected chi connectivity index (χ0v) is 34.7. The predicted molar refractivity (Wildman–Crippen MR) is 232 cm³/mol. The Morgan fingerprint density at radius 2 is 1.46 bits per heavy atom. The van der Waals surface area contributed by atoms with Crippen molar-refractivity contribution in [1.29, 1.82) is 0 Å². The van der Waals surface area contributed by atoms with Crippen LogP contribution in [0.2, 0.25) is 0 Å². The van der Waals surface area contributed by atoms with Crippen molar-refractivity contribution in [3.05, 3.63) is 156 Å². The minimum absolute atomic E-state index is 0.00113. The number of rotatable bonds is 12. The number of esters is 1.